The average Bonchev–Trinajstić information content (AvgIpc) is 2.66. The van der Waals surface area contributed by atoms with E-state index in [1.807, 2.05) is 13.1 Å². The standard InChI is InChI=1S/C12H13BrN2S/c1-8-5-10(3-4-12(8)13)15-7-11-6-14-9(2)16-11/h3-6,15H,7H2,1-2H3. The normalized spacial score (nSPS) is 10.4. The molecule has 16 heavy (non-hydrogen) atoms. The van der Waals surface area contributed by atoms with E-state index in [2.05, 4.69) is 51.4 Å². The van der Waals surface area contributed by atoms with Crippen molar-refractivity contribution in [1.29, 1.82) is 0 Å². The summed E-state index contributed by atoms with van der Waals surface area (Å²) in [6.07, 6.45) is 1.93. The highest BCUT2D eigenvalue weighted by molar-refractivity contribution is 9.10. The molecule has 1 heterocycles. The Hall–Kier alpha value is -0.870. The third-order valence-electron chi connectivity index (χ3n) is 2.29. The number of aryl methyl sites for hydroxylation is 2. The van der Waals surface area contributed by atoms with Crippen molar-refractivity contribution in [2.75, 3.05) is 5.32 Å². The van der Waals surface area contributed by atoms with E-state index >= 15 is 0 Å². The highest BCUT2D eigenvalue weighted by atomic mass is 79.9. The maximum atomic E-state index is 4.23. The molecule has 0 aliphatic rings. The van der Waals surface area contributed by atoms with Crippen LogP contribution in [0.1, 0.15) is 15.4 Å². The Morgan fingerprint density at radius 2 is 2.19 bits per heavy atom. The van der Waals surface area contributed by atoms with Crippen molar-refractivity contribution in [3.63, 3.8) is 0 Å². The number of nitrogens with zero attached hydrogens (tertiary/aromatic N) is 1. The molecule has 0 unspecified atom stereocenters. The van der Waals surface area contributed by atoms with Gasteiger partial charge in [-0.15, -0.1) is 11.3 Å². The van der Waals surface area contributed by atoms with Crippen molar-refractivity contribution in [3.05, 3.63) is 44.3 Å². The maximum Gasteiger partial charge on any atom is 0.0897 e. The van der Waals surface area contributed by atoms with Crippen LogP contribution < -0.4 is 5.32 Å². The zero-order chi connectivity index (χ0) is 11.5. The molecule has 84 valence electrons. The van der Waals surface area contributed by atoms with E-state index in [9.17, 15) is 0 Å². The van der Waals surface area contributed by atoms with Gasteiger partial charge in [0.05, 0.1) is 11.6 Å². The van der Waals surface area contributed by atoms with Crippen LogP contribution in [0.5, 0.6) is 0 Å². The molecule has 0 atom stereocenters. The molecule has 1 aromatic heterocycles. The van der Waals surface area contributed by atoms with Crippen LogP contribution in [-0.4, -0.2) is 4.98 Å². The third kappa shape index (κ3) is 2.83. The van der Waals surface area contributed by atoms with Gasteiger partial charge in [-0.25, -0.2) is 4.98 Å². The fraction of sp³-hybridized carbons (Fsp3) is 0.250. The van der Waals surface area contributed by atoms with E-state index in [-0.39, 0.29) is 0 Å². The van der Waals surface area contributed by atoms with Gasteiger partial charge < -0.3 is 5.32 Å². The summed E-state index contributed by atoms with van der Waals surface area (Å²) in [5.74, 6) is 0. The molecular formula is C12H13BrN2S. The number of hydrogen-bond acceptors (Lipinski definition) is 3. The lowest BCUT2D eigenvalue weighted by Crippen LogP contribution is -1.97. The van der Waals surface area contributed by atoms with Crippen molar-refractivity contribution in [2.45, 2.75) is 20.4 Å². The van der Waals surface area contributed by atoms with Crippen molar-refractivity contribution >= 4 is 33.0 Å². The number of rotatable bonds is 3. The predicted molar refractivity (Wildman–Crippen MR) is 73.1 cm³/mol. The number of aromatic nitrogens is 1. The fourth-order valence-electron chi connectivity index (χ4n) is 1.43. The van der Waals surface area contributed by atoms with Crippen LogP contribution in [-0.2, 0) is 6.54 Å². The molecule has 1 aromatic carbocycles. The molecule has 4 heteroatoms. The first-order valence-electron chi connectivity index (χ1n) is 5.06. The van der Waals surface area contributed by atoms with Gasteiger partial charge in [0.25, 0.3) is 0 Å². The third-order valence-corrected chi connectivity index (χ3v) is 4.10. The summed E-state index contributed by atoms with van der Waals surface area (Å²) < 4.78 is 1.15. The Morgan fingerprint density at radius 3 is 2.81 bits per heavy atom. The maximum absolute atomic E-state index is 4.23. The van der Waals surface area contributed by atoms with E-state index < -0.39 is 0 Å². The van der Waals surface area contributed by atoms with Gasteiger partial charge in [-0.3, -0.25) is 0 Å². The SMILES string of the molecule is Cc1ncc(CNc2ccc(Br)c(C)c2)s1. The van der Waals surface area contributed by atoms with Gasteiger partial charge >= 0.3 is 0 Å². The minimum absolute atomic E-state index is 0.840. The zero-order valence-corrected chi connectivity index (χ0v) is 11.7. The van der Waals surface area contributed by atoms with Crippen LogP contribution in [0.2, 0.25) is 0 Å². The lowest BCUT2D eigenvalue weighted by atomic mass is 10.2. The second kappa shape index (κ2) is 4.97. The van der Waals surface area contributed by atoms with Crippen molar-refractivity contribution in [1.82, 2.24) is 4.98 Å². The van der Waals surface area contributed by atoms with Gasteiger partial charge in [0.15, 0.2) is 0 Å². The summed E-state index contributed by atoms with van der Waals surface area (Å²) in [5, 5.41) is 4.51. The molecule has 0 saturated carbocycles. The van der Waals surface area contributed by atoms with E-state index in [0.717, 1.165) is 21.7 Å². The molecule has 0 fully saturated rings. The number of anilines is 1. The monoisotopic (exact) mass is 296 g/mol. The first kappa shape index (κ1) is 11.6. The minimum Gasteiger partial charge on any atom is -0.380 e. The van der Waals surface area contributed by atoms with E-state index in [4.69, 9.17) is 0 Å². The lowest BCUT2D eigenvalue weighted by molar-refractivity contribution is 1.16. The molecule has 0 aliphatic carbocycles. The van der Waals surface area contributed by atoms with Gasteiger partial charge in [-0.1, -0.05) is 15.9 Å². The number of thiazole rings is 1. The molecule has 0 spiro atoms. The molecule has 0 amide bonds. The van der Waals surface area contributed by atoms with Crippen molar-refractivity contribution < 1.29 is 0 Å². The molecule has 0 saturated heterocycles. The number of nitrogens with one attached hydrogen (secondary N) is 1. The molecule has 0 bridgehead atoms. The molecule has 2 rings (SSSR count). The lowest BCUT2D eigenvalue weighted by Gasteiger charge is -2.06. The summed E-state index contributed by atoms with van der Waals surface area (Å²) in [6, 6.07) is 6.28. The minimum atomic E-state index is 0.840. The highest BCUT2D eigenvalue weighted by Gasteiger charge is 1.99. The smallest absolute Gasteiger partial charge is 0.0897 e. The number of benzene rings is 1. The molecule has 2 nitrogen and oxygen atoms in total. The van der Waals surface area contributed by atoms with Crippen LogP contribution >= 0.6 is 27.3 Å². The summed E-state index contributed by atoms with van der Waals surface area (Å²) >= 11 is 5.22. The van der Waals surface area contributed by atoms with Gasteiger partial charge in [0.1, 0.15) is 0 Å². The summed E-state index contributed by atoms with van der Waals surface area (Å²) in [5.41, 5.74) is 2.39. The van der Waals surface area contributed by atoms with E-state index in [1.54, 1.807) is 11.3 Å². The van der Waals surface area contributed by atoms with Crippen LogP contribution in [0.4, 0.5) is 5.69 Å². The Labute approximate surface area is 108 Å². The summed E-state index contributed by atoms with van der Waals surface area (Å²) in [4.78, 5) is 5.49. The Balaban J connectivity index is 2.02. The van der Waals surface area contributed by atoms with Gasteiger partial charge in [-0.2, -0.15) is 0 Å². The Bertz CT molecular complexity index is 494. The largest absolute Gasteiger partial charge is 0.380 e. The van der Waals surface area contributed by atoms with E-state index in [0.29, 0.717) is 0 Å². The van der Waals surface area contributed by atoms with Crippen LogP contribution in [0.3, 0.4) is 0 Å². The Morgan fingerprint density at radius 1 is 1.38 bits per heavy atom. The van der Waals surface area contributed by atoms with Gasteiger partial charge in [-0.05, 0) is 37.6 Å². The van der Waals surface area contributed by atoms with Crippen LogP contribution in [0.25, 0.3) is 0 Å². The van der Waals surface area contributed by atoms with Crippen LogP contribution in [0, 0.1) is 13.8 Å². The highest BCUT2D eigenvalue weighted by Crippen LogP contribution is 2.21. The average molecular weight is 297 g/mol. The van der Waals surface area contributed by atoms with Crippen molar-refractivity contribution in [3.8, 4) is 0 Å². The van der Waals surface area contributed by atoms with Gasteiger partial charge in [0, 0.05) is 21.2 Å². The van der Waals surface area contributed by atoms with Crippen molar-refractivity contribution in [2.24, 2.45) is 0 Å². The first-order valence-corrected chi connectivity index (χ1v) is 6.67. The van der Waals surface area contributed by atoms with Gasteiger partial charge in [0.2, 0.25) is 0 Å². The zero-order valence-electron chi connectivity index (χ0n) is 9.25. The fourth-order valence-corrected chi connectivity index (χ4v) is 2.41. The molecule has 0 aliphatic heterocycles. The number of halogens is 1. The molecular weight excluding hydrogens is 284 g/mol. The molecule has 1 N–H and O–H groups in total. The van der Waals surface area contributed by atoms with E-state index in [1.165, 1.54) is 10.4 Å². The summed E-state index contributed by atoms with van der Waals surface area (Å²) in [7, 11) is 0. The predicted octanol–water partition coefficient (Wildman–Crippen LogP) is 4.13. The number of hydrogen-bond donors (Lipinski definition) is 1. The van der Waals surface area contributed by atoms with Crippen LogP contribution in [0.15, 0.2) is 28.9 Å². The molecule has 2 aromatic rings. The molecule has 0 radical (unpaired) electrons. The topological polar surface area (TPSA) is 24.9 Å². The first-order chi connectivity index (χ1) is 7.65. The second-order valence-corrected chi connectivity index (χ2v) is 5.84. The quantitative estimate of drug-likeness (QED) is 0.921. The second-order valence-electron chi connectivity index (χ2n) is 3.66. The summed E-state index contributed by atoms with van der Waals surface area (Å²) in [6.45, 7) is 4.95. The Kier molecular flexibility index (Phi) is 3.61.